The second-order valence-corrected chi connectivity index (χ2v) is 4.45. The van der Waals surface area contributed by atoms with Crippen molar-refractivity contribution in [3.63, 3.8) is 0 Å². The summed E-state index contributed by atoms with van der Waals surface area (Å²) in [6, 6.07) is 6.85. The van der Waals surface area contributed by atoms with E-state index in [1.165, 1.54) is 6.07 Å². The zero-order valence-electron chi connectivity index (χ0n) is 10.9. The first kappa shape index (κ1) is 14.1. The van der Waals surface area contributed by atoms with E-state index in [-0.39, 0.29) is 5.82 Å². The summed E-state index contributed by atoms with van der Waals surface area (Å²) in [7, 11) is 1.97. The summed E-state index contributed by atoms with van der Waals surface area (Å²) >= 11 is 0. The highest BCUT2D eigenvalue weighted by atomic mass is 19.1. The summed E-state index contributed by atoms with van der Waals surface area (Å²) in [4.78, 5) is 2.09. The molecule has 0 aromatic heterocycles. The molecular weight excluding hydrogens is 217 g/mol. The molecule has 1 atom stereocenters. The van der Waals surface area contributed by atoms with E-state index in [1.807, 2.05) is 7.05 Å². The van der Waals surface area contributed by atoms with Gasteiger partial charge in [0.15, 0.2) is 0 Å². The number of benzene rings is 1. The molecule has 96 valence electrons. The quantitative estimate of drug-likeness (QED) is 0.825. The highest BCUT2D eigenvalue weighted by molar-refractivity contribution is 5.20. The highest BCUT2D eigenvalue weighted by Gasteiger charge is 2.17. The average molecular weight is 239 g/mol. The average Bonchev–Trinajstić information content (AvgIpc) is 2.31. The molecule has 0 amide bonds. The summed E-state index contributed by atoms with van der Waals surface area (Å²) in [5, 5.41) is 10.0. The van der Waals surface area contributed by atoms with Crippen LogP contribution in [0.25, 0.3) is 0 Å². The van der Waals surface area contributed by atoms with Gasteiger partial charge >= 0.3 is 0 Å². The van der Waals surface area contributed by atoms with Gasteiger partial charge in [0.1, 0.15) is 5.82 Å². The Hall–Kier alpha value is -0.930. The van der Waals surface area contributed by atoms with E-state index in [2.05, 4.69) is 18.7 Å². The summed E-state index contributed by atoms with van der Waals surface area (Å²) in [6.07, 6.45) is 1.32. The van der Waals surface area contributed by atoms with E-state index < -0.39 is 6.10 Å². The van der Waals surface area contributed by atoms with Crippen LogP contribution < -0.4 is 0 Å². The van der Waals surface area contributed by atoms with Gasteiger partial charge in [-0.05, 0) is 26.0 Å². The lowest BCUT2D eigenvalue weighted by atomic mass is 10.1. The third kappa shape index (κ3) is 3.79. The van der Waals surface area contributed by atoms with Crippen LogP contribution in [-0.2, 0) is 0 Å². The normalized spacial score (nSPS) is 13.4. The predicted molar refractivity (Wildman–Crippen MR) is 68.4 cm³/mol. The molecule has 0 aliphatic heterocycles. The second-order valence-electron chi connectivity index (χ2n) is 4.45. The van der Waals surface area contributed by atoms with Crippen LogP contribution in [0.15, 0.2) is 24.3 Å². The first-order valence-electron chi connectivity index (χ1n) is 6.22. The maximum Gasteiger partial charge on any atom is 0.129 e. The van der Waals surface area contributed by atoms with Gasteiger partial charge in [-0.15, -0.1) is 0 Å². The van der Waals surface area contributed by atoms with Crippen LogP contribution in [0.5, 0.6) is 0 Å². The number of hydrogen-bond acceptors (Lipinski definition) is 2. The van der Waals surface area contributed by atoms with Gasteiger partial charge in [0, 0.05) is 18.2 Å². The van der Waals surface area contributed by atoms with Gasteiger partial charge in [-0.2, -0.15) is 0 Å². The van der Waals surface area contributed by atoms with Gasteiger partial charge < -0.3 is 10.0 Å². The van der Waals surface area contributed by atoms with E-state index in [0.717, 1.165) is 12.8 Å². The molecule has 0 aliphatic rings. The van der Waals surface area contributed by atoms with E-state index >= 15 is 0 Å². The molecule has 1 N–H and O–H groups in total. The standard InChI is InChI=1S/C14H22FNO/c1-4-11(5-2)16(3)10-14(17)12-8-6-7-9-13(12)15/h6-9,11,14,17H,4-5,10H2,1-3H3. The van der Waals surface area contributed by atoms with Crippen molar-refractivity contribution in [1.82, 2.24) is 4.90 Å². The van der Waals surface area contributed by atoms with E-state index in [4.69, 9.17) is 0 Å². The van der Waals surface area contributed by atoms with Gasteiger partial charge in [-0.25, -0.2) is 4.39 Å². The first-order valence-corrected chi connectivity index (χ1v) is 6.22. The molecule has 1 aromatic carbocycles. The molecule has 3 heteroatoms. The Kier molecular flexibility index (Phi) is 5.59. The van der Waals surface area contributed by atoms with Gasteiger partial charge in [0.2, 0.25) is 0 Å². The van der Waals surface area contributed by atoms with Gasteiger partial charge in [0.05, 0.1) is 6.10 Å². The molecule has 0 heterocycles. The summed E-state index contributed by atoms with van der Waals surface area (Å²) < 4.78 is 13.5. The molecule has 0 radical (unpaired) electrons. The maximum atomic E-state index is 13.5. The minimum Gasteiger partial charge on any atom is -0.387 e. The number of nitrogens with zero attached hydrogens (tertiary/aromatic N) is 1. The number of hydrogen-bond donors (Lipinski definition) is 1. The predicted octanol–water partition coefficient (Wildman–Crippen LogP) is 2.98. The molecule has 0 bridgehead atoms. The zero-order valence-corrected chi connectivity index (χ0v) is 10.9. The second kappa shape index (κ2) is 6.72. The largest absolute Gasteiger partial charge is 0.387 e. The number of likely N-dealkylation sites (N-methyl/N-ethyl adjacent to an activating group) is 1. The summed E-state index contributed by atoms with van der Waals surface area (Å²) in [6.45, 7) is 4.72. The van der Waals surface area contributed by atoms with Crippen LogP contribution in [-0.4, -0.2) is 29.6 Å². The third-order valence-corrected chi connectivity index (χ3v) is 3.29. The van der Waals surface area contributed by atoms with Crippen LogP contribution in [0.3, 0.4) is 0 Å². The topological polar surface area (TPSA) is 23.5 Å². The lowest BCUT2D eigenvalue weighted by Crippen LogP contribution is -2.34. The van der Waals surface area contributed by atoms with Crippen LogP contribution in [0.4, 0.5) is 4.39 Å². The molecule has 17 heavy (non-hydrogen) atoms. The Balaban J connectivity index is 2.66. The van der Waals surface area contributed by atoms with Crippen LogP contribution in [0.1, 0.15) is 38.4 Å². The minimum atomic E-state index is -0.762. The monoisotopic (exact) mass is 239 g/mol. The maximum absolute atomic E-state index is 13.5. The Morgan fingerprint density at radius 3 is 2.35 bits per heavy atom. The lowest BCUT2D eigenvalue weighted by Gasteiger charge is -2.28. The fourth-order valence-corrected chi connectivity index (χ4v) is 2.18. The molecule has 1 aromatic rings. The van der Waals surface area contributed by atoms with Crippen LogP contribution in [0, 0.1) is 5.82 Å². The third-order valence-electron chi connectivity index (χ3n) is 3.29. The van der Waals surface area contributed by atoms with Gasteiger partial charge in [-0.1, -0.05) is 32.0 Å². The molecule has 0 saturated carbocycles. The molecule has 1 unspecified atom stereocenters. The van der Waals surface area contributed by atoms with E-state index in [0.29, 0.717) is 18.2 Å². The van der Waals surface area contributed by atoms with Gasteiger partial charge in [-0.3, -0.25) is 0 Å². The summed E-state index contributed by atoms with van der Waals surface area (Å²) in [5.74, 6) is -0.335. The molecule has 0 aliphatic carbocycles. The SMILES string of the molecule is CCC(CC)N(C)CC(O)c1ccccc1F. The number of aliphatic hydroxyl groups excluding tert-OH is 1. The molecule has 0 spiro atoms. The van der Waals surface area contributed by atoms with Crippen molar-refractivity contribution in [2.75, 3.05) is 13.6 Å². The minimum absolute atomic E-state index is 0.335. The number of rotatable bonds is 6. The van der Waals surface area contributed by atoms with E-state index in [9.17, 15) is 9.50 Å². The fourth-order valence-electron chi connectivity index (χ4n) is 2.18. The smallest absolute Gasteiger partial charge is 0.129 e. The van der Waals surface area contributed by atoms with Crippen molar-refractivity contribution in [3.8, 4) is 0 Å². The van der Waals surface area contributed by atoms with Gasteiger partial charge in [0.25, 0.3) is 0 Å². The Bertz CT molecular complexity index is 339. The van der Waals surface area contributed by atoms with Crippen molar-refractivity contribution in [1.29, 1.82) is 0 Å². The Morgan fingerprint density at radius 1 is 1.24 bits per heavy atom. The van der Waals surface area contributed by atoms with E-state index in [1.54, 1.807) is 18.2 Å². The molecule has 0 saturated heterocycles. The molecule has 2 nitrogen and oxygen atoms in total. The van der Waals surface area contributed by atoms with Crippen molar-refractivity contribution in [2.45, 2.75) is 38.8 Å². The Labute approximate surface area is 103 Å². The van der Waals surface area contributed by atoms with Crippen molar-refractivity contribution < 1.29 is 9.50 Å². The van der Waals surface area contributed by atoms with Crippen LogP contribution >= 0.6 is 0 Å². The van der Waals surface area contributed by atoms with Crippen LogP contribution in [0.2, 0.25) is 0 Å². The lowest BCUT2D eigenvalue weighted by molar-refractivity contribution is 0.0986. The first-order chi connectivity index (χ1) is 8.10. The number of halogens is 1. The zero-order chi connectivity index (χ0) is 12.8. The van der Waals surface area contributed by atoms with Crippen molar-refractivity contribution >= 4 is 0 Å². The highest BCUT2D eigenvalue weighted by Crippen LogP contribution is 2.19. The molecule has 0 fully saturated rings. The fraction of sp³-hybridized carbons (Fsp3) is 0.571. The Morgan fingerprint density at radius 2 is 1.82 bits per heavy atom. The molecular formula is C14H22FNO. The number of aliphatic hydroxyl groups is 1. The molecule has 1 rings (SSSR count). The summed E-state index contributed by atoms with van der Waals surface area (Å²) in [5.41, 5.74) is 0.380. The van der Waals surface area contributed by atoms with Crippen molar-refractivity contribution in [2.24, 2.45) is 0 Å². The van der Waals surface area contributed by atoms with Crippen molar-refractivity contribution in [3.05, 3.63) is 35.6 Å².